The molecular weight excluding hydrogens is 211 g/mol. The molecule has 3 N–H and O–H groups in total. The Balaban J connectivity index is 2.73. The molecule has 1 rings (SSSR count). The van der Waals surface area contributed by atoms with Crippen LogP contribution < -0.4 is 10.6 Å². The molecule has 0 aliphatic heterocycles. The van der Waals surface area contributed by atoms with Gasteiger partial charge in [0.2, 0.25) is 5.95 Å². The Kier molecular flexibility index (Phi) is 4.91. The molecule has 1 atom stereocenters. The van der Waals surface area contributed by atoms with Gasteiger partial charge >= 0.3 is 0 Å². The van der Waals surface area contributed by atoms with Gasteiger partial charge in [0, 0.05) is 12.6 Å². The molecular formula is C10H17FN4O. The molecule has 90 valence electrons. The van der Waals surface area contributed by atoms with Crippen LogP contribution in [0.4, 0.5) is 16.2 Å². The van der Waals surface area contributed by atoms with Crippen LogP contribution in [0, 0.1) is 5.82 Å². The predicted molar refractivity (Wildman–Crippen MR) is 60.9 cm³/mol. The summed E-state index contributed by atoms with van der Waals surface area (Å²) >= 11 is 0. The van der Waals surface area contributed by atoms with Crippen molar-refractivity contribution < 1.29 is 9.50 Å². The number of hydrogen-bond donors (Lipinski definition) is 3. The van der Waals surface area contributed by atoms with Crippen molar-refractivity contribution in [3.05, 3.63) is 12.0 Å². The van der Waals surface area contributed by atoms with E-state index >= 15 is 0 Å². The Labute approximate surface area is 94.1 Å². The van der Waals surface area contributed by atoms with Crippen LogP contribution >= 0.6 is 0 Å². The van der Waals surface area contributed by atoms with Gasteiger partial charge in [0.15, 0.2) is 11.6 Å². The monoisotopic (exact) mass is 228 g/mol. The number of aliphatic hydroxyl groups is 1. The summed E-state index contributed by atoms with van der Waals surface area (Å²) in [6.07, 6.45) is 2.05. The molecule has 0 aliphatic rings. The highest BCUT2D eigenvalue weighted by Crippen LogP contribution is 2.12. The topological polar surface area (TPSA) is 70.1 Å². The van der Waals surface area contributed by atoms with E-state index in [1.165, 1.54) is 0 Å². The Bertz CT molecular complexity index is 335. The molecule has 1 aromatic rings. The summed E-state index contributed by atoms with van der Waals surface area (Å²) < 4.78 is 13.3. The number of hydrogen-bond acceptors (Lipinski definition) is 5. The molecule has 0 amide bonds. The van der Waals surface area contributed by atoms with Gasteiger partial charge in [-0.3, -0.25) is 0 Å². The van der Waals surface area contributed by atoms with Gasteiger partial charge in [0.1, 0.15) is 0 Å². The molecule has 0 radical (unpaired) electrons. The highest BCUT2D eigenvalue weighted by molar-refractivity contribution is 5.41. The van der Waals surface area contributed by atoms with E-state index in [2.05, 4.69) is 20.6 Å². The Morgan fingerprint density at radius 3 is 2.94 bits per heavy atom. The average molecular weight is 228 g/mol. The first-order valence-corrected chi connectivity index (χ1v) is 5.31. The van der Waals surface area contributed by atoms with Gasteiger partial charge in [-0.2, -0.15) is 4.98 Å². The number of anilines is 2. The number of halogens is 1. The second-order valence-corrected chi connectivity index (χ2v) is 3.54. The van der Waals surface area contributed by atoms with Gasteiger partial charge in [-0.05, 0) is 13.3 Å². The van der Waals surface area contributed by atoms with E-state index < -0.39 is 5.82 Å². The van der Waals surface area contributed by atoms with Crippen LogP contribution in [0.15, 0.2) is 6.20 Å². The van der Waals surface area contributed by atoms with Crippen LogP contribution in [0.25, 0.3) is 0 Å². The average Bonchev–Trinajstić information content (AvgIpc) is 2.30. The van der Waals surface area contributed by atoms with E-state index in [0.717, 1.165) is 19.2 Å². The predicted octanol–water partition coefficient (Wildman–Crippen LogP) is 1.23. The first kappa shape index (κ1) is 12.6. The zero-order chi connectivity index (χ0) is 12.0. The van der Waals surface area contributed by atoms with Crippen LogP contribution in [0.3, 0.4) is 0 Å². The number of nitrogens with one attached hydrogen (secondary N) is 2. The molecule has 0 fully saturated rings. The molecule has 0 bridgehead atoms. The minimum absolute atomic E-state index is 0.0822. The van der Waals surface area contributed by atoms with Crippen LogP contribution in [-0.4, -0.2) is 34.3 Å². The summed E-state index contributed by atoms with van der Waals surface area (Å²) in [5.74, 6) is -0.0339. The summed E-state index contributed by atoms with van der Waals surface area (Å²) in [6.45, 7) is 4.41. The maximum atomic E-state index is 13.3. The van der Waals surface area contributed by atoms with Crippen LogP contribution in [0.1, 0.15) is 20.3 Å². The fraction of sp³-hybridized carbons (Fsp3) is 0.600. The first-order valence-electron chi connectivity index (χ1n) is 5.31. The molecule has 0 saturated carbocycles. The quantitative estimate of drug-likeness (QED) is 0.683. The summed E-state index contributed by atoms with van der Waals surface area (Å²) in [7, 11) is 0. The van der Waals surface area contributed by atoms with Crippen LogP contribution in [0.2, 0.25) is 0 Å². The Morgan fingerprint density at radius 2 is 2.31 bits per heavy atom. The third-order valence-electron chi connectivity index (χ3n) is 1.93. The van der Waals surface area contributed by atoms with E-state index in [4.69, 9.17) is 5.11 Å². The number of rotatable bonds is 6. The molecule has 0 aliphatic carbocycles. The largest absolute Gasteiger partial charge is 0.394 e. The lowest BCUT2D eigenvalue weighted by atomic mass is 10.3. The molecule has 1 aromatic heterocycles. The van der Waals surface area contributed by atoms with E-state index in [-0.39, 0.29) is 18.5 Å². The molecule has 16 heavy (non-hydrogen) atoms. The van der Waals surface area contributed by atoms with Crippen LogP contribution in [0.5, 0.6) is 0 Å². The van der Waals surface area contributed by atoms with Gasteiger partial charge < -0.3 is 15.7 Å². The van der Waals surface area contributed by atoms with Crippen molar-refractivity contribution in [2.75, 3.05) is 23.8 Å². The first-order chi connectivity index (χ1) is 7.67. The second kappa shape index (κ2) is 6.22. The number of aromatic nitrogens is 2. The molecule has 6 heteroatoms. The lowest BCUT2D eigenvalue weighted by Gasteiger charge is -2.12. The maximum Gasteiger partial charge on any atom is 0.224 e. The van der Waals surface area contributed by atoms with Crippen molar-refractivity contribution in [2.45, 2.75) is 26.3 Å². The molecule has 5 nitrogen and oxygen atoms in total. The molecule has 1 heterocycles. The van der Waals surface area contributed by atoms with Gasteiger partial charge in [-0.1, -0.05) is 6.92 Å². The Morgan fingerprint density at radius 1 is 1.56 bits per heavy atom. The molecule has 1 unspecified atom stereocenters. The lowest BCUT2D eigenvalue weighted by molar-refractivity contribution is 0.281. The zero-order valence-electron chi connectivity index (χ0n) is 9.50. The minimum atomic E-state index is -0.526. The maximum absolute atomic E-state index is 13.3. The smallest absolute Gasteiger partial charge is 0.224 e. The van der Waals surface area contributed by atoms with Gasteiger partial charge in [0.25, 0.3) is 0 Å². The standard InChI is InChI=1S/C10H17FN4O/c1-3-4-12-10-13-5-8(11)9(15-10)14-7(2)6-16/h5,7,16H,3-4,6H2,1-2H3,(H2,12,13,14,15). The molecule has 0 spiro atoms. The van der Waals surface area contributed by atoms with Crippen molar-refractivity contribution in [2.24, 2.45) is 0 Å². The van der Waals surface area contributed by atoms with E-state index in [1.807, 2.05) is 6.92 Å². The SMILES string of the molecule is CCCNc1ncc(F)c(NC(C)CO)n1. The Hall–Kier alpha value is -1.43. The summed E-state index contributed by atoms with van der Waals surface area (Å²) in [5.41, 5.74) is 0. The van der Waals surface area contributed by atoms with E-state index in [0.29, 0.717) is 5.95 Å². The van der Waals surface area contributed by atoms with E-state index in [1.54, 1.807) is 6.92 Å². The van der Waals surface area contributed by atoms with Crippen molar-refractivity contribution in [1.29, 1.82) is 0 Å². The zero-order valence-corrected chi connectivity index (χ0v) is 9.50. The highest BCUT2D eigenvalue weighted by Gasteiger charge is 2.08. The van der Waals surface area contributed by atoms with Gasteiger partial charge in [-0.15, -0.1) is 0 Å². The van der Waals surface area contributed by atoms with Crippen molar-refractivity contribution in [1.82, 2.24) is 9.97 Å². The van der Waals surface area contributed by atoms with Crippen molar-refractivity contribution in [3.63, 3.8) is 0 Å². The van der Waals surface area contributed by atoms with Crippen molar-refractivity contribution in [3.8, 4) is 0 Å². The third-order valence-corrected chi connectivity index (χ3v) is 1.93. The second-order valence-electron chi connectivity index (χ2n) is 3.54. The normalized spacial score (nSPS) is 12.2. The number of aliphatic hydroxyl groups excluding tert-OH is 1. The van der Waals surface area contributed by atoms with Crippen molar-refractivity contribution >= 4 is 11.8 Å². The van der Waals surface area contributed by atoms with Crippen LogP contribution in [-0.2, 0) is 0 Å². The summed E-state index contributed by atoms with van der Waals surface area (Å²) in [6, 6.07) is -0.247. The third kappa shape index (κ3) is 3.62. The fourth-order valence-electron chi connectivity index (χ4n) is 1.07. The summed E-state index contributed by atoms with van der Waals surface area (Å²) in [5, 5.41) is 14.6. The minimum Gasteiger partial charge on any atom is -0.394 e. The lowest BCUT2D eigenvalue weighted by Crippen LogP contribution is -2.21. The summed E-state index contributed by atoms with van der Waals surface area (Å²) in [4.78, 5) is 7.79. The molecule has 0 saturated heterocycles. The number of nitrogens with zero attached hydrogens (tertiary/aromatic N) is 2. The van der Waals surface area contributed by atoms with E-state index in [9.17, 15) is 4.39 Å². The fourth-order valence-corrected chi connectivity index (χ4v) is 1.07. The van der Waals surface area contributed by atoms with Gasteiger partial charge in [-0.25, -0.2) is 9.37 Å². The highest BCUT2D eigenvalue weighted by atomic mass is 19.1. The molecule has 0 aromatic carbocycles. The van der Waals surface area contributed by atoms with Gasteiger partial charge in [0.05, 0.1) is 12.8 Å².